The first-order chi connectivity index (χ1) is 21.7. The molecule has 0 aromatic heterocycles. The highest BCUT2D eigenvalue weighted by molar-refractivity contribution is 8.26. The minimum atomic E-state index is -5.02. The lowest BCUT2D eigenvalue weighted by atomic mass is 9.97. The molecule has 8 nitrogen and oxygen atoms in total. The van der Waals surface area contributed by atoms with Gasteiger partial charge in [0, 0.05) is 38.2 Å². The summed E-state index contributed by atoms with van der Waals surface area (Å²) in [6.45, 7) is 3.70. The van der Waals surface area contributed by atoms with Crippen molar-refractivity contribution in [2.24, 2.45) is 0 Å². The number of rotatable bonds is 13. The second kappa shape index (κ2) is 15.6. The first kappa shape index (κ1) is 35.7. The number of amides is 1. The van der Waals surface area contributed by atoms with Gasteiger partial charge in [-0.15, -0.1) is 0 Å². The Kier molecular flexibility index (Phi) is 12.1. The van der Waals surface area contributed by atoms with Gasteiger partial charge in [0.1, 0.15) is 12.4 Å². The molecular weight excluding hydrogens is 660 g/mol. The van der Waals surface area contributed by atoms with Crippen molar-refractivity contribution in [2.45, 2.75) is 38.0 Å². The molecule has 2 N–H and O–H groups in total. The molecule has 0 bridgehead atoms. The molecular formula is C30H31F6N3O5S2. The summed E-state index contributed by atoms with van der Waals surface area (Å²) in [6.07, 6.45) is -6.86. The molecule has 16 heteroatoms. The average molecular weight is 692 g/mol. The lowest BCUT2D eigenvalue weighted by Gasteiger charge is -2.26. The number of ether oxygens (including phenoxy) is 2. The quantitative estimate of drug-likeness (QED) is 0.106. The van der Waals surface area contributed by atoms with E-state index in [9.17, 15) is 35.9 Å². The molecule has 2 heterocycles. The second-order valence-corrected chi connectivity index (χ2v) is 12.2. The molecule has 46 heavy (non-hydrogen) atoms. The Labute approximate surface area is 270 Å². The van der Waals surface area contributed by atoms with Crippen LogP contribution >= 0.6 is 24.0 Å². The van der Waals surface area contributed by atoms with Gasteiger partial charge in [-0.2, -0.15) is 26.3 Å². The Morgan fingerprint density at radius 1 is 1.00 bits per heavy atom. The smallest absolute Gasteiger partial charge is 0.416 e. The zero-order valence-electron chi connectivity index (χ0n) is 24.4. The van der Waals surface area contributed by atoms with Gasteiger partial charge in [0.05, 0.1) is 29.2 Å². The van der Waals surface area contributed by atoms with Gasteiger partial charge in [-0.1, -0.05) is 36.5 Å². The van der Waals surface area contributed by atoms with Crippen LogP contribution in [0.1, 0.15) is 42.4 Å². The summed E-state index contributed by atoms with van der Waals surface area (Å²) in [6, 6.07) is 5.55. The summed E-state index contributed by atoms with van der Waals surface area (Å²) in [5.41, 5.74) is 0.0383. The number of benzene rings is 2. The monoisotopic (exact) mass is 691 g/mol. The van der Waals surface area contributed by atoms with Crippen LogP contribution < -0.4 is 10.2 Å². The molecule has 2 aromatic rings. The lowest BCUT2D eigenvalue weighted by molar-refractivity contribution is -0.143. The van der Waals surface area contributed by atoms with Crippen molar-refractivity contribution < 1.29 is 50.5 Å². The zero-order valence-corrected chi connectivity index (χ0v) is 26.0. The molecule has 0 atom stereocenters. The number of hydrogen-bond donors (Lipinski definition) is 2. The van der Waals surface area contributed by atoms with Gasteiger partial charge in [0.25, 0.3) is 5.91 Å². The van der Waals surface area contributed by atoms with Crippen molar-refractivity contribution in [1.82, 2.24) is 15.3 Å². The third kappa shape index (κ3) is 9.91. The number of aliphatic carboxylic acids is 1. The number of thioether (sulfide) groups is 1. The molecule has 2 aromatic carbocycles. The Bertz CT molecular complexity index is 1430. The Hall–Kier alpha value is -3.18. The predicted molar refractivity (Wildman–Crippen MR) is 164 cm³/mol. The van der Waals surface area contributed by atoms with Crippen LogP contribution in [0, 0.1) is 0 Å². The normalized spacial score (nSPS) is 17.3. The van der Waals surface area contributed by atoms with Crippen LogP contribution in [0.3, 0.4) is 0 Å². The number of nitrogens with zero attached hydrogens (tertiary/aromatic N) is 2. The number of carboxylic acids is 1. The molecule has 0 radical (unpaired) electrons. The van der Waals surface area contributed by atoms with Gasteiger partial charge in [-0.05, 0) is 60.4 Å². The van der Waals surface area contributed by atoms with Crippen LogP contribution in [-0.4, -0.2) is 77.2 Å². The zero-order chi connectivity index (χ0) is 33.5. The number of carbonyl (C=O) groups is 2. The highest BCUT2D eigenvalue weighted by Gasteiger charge is 2.37. The minimum Gasteiger partial charge on any atom is -0.492 e. The highest BCUT2D eigenvalue weighted by Crippen LogP contribution is 2.40. The minimum absolute atomic E-state index is 0.0394. The number of unbranched alkanes of at least 4 members (excludes halogenated alkanes) is 2. The van der Waals surface area contributed by atoms with E-state index in [1.165, 1.54) is 29.3 Å². The molecule has 0 aliphatic carbocycles. The van der Waals surface area contributed by atoms with Crippen LogP contribution in [0.2, 0.25) is 0 Å². The second-order valence-electron chi connectivity index (χ2n) is 10.5. The van der Waals surface area contributed by atoms with E-state index in [4.69, 9.17) is 26.8 Å². The van der Waals surface area contributed by atoms with Crippen LogP contribution in [0.5, 0.6) is 5.75 Å². The van der Waals surface area contributed by atoms with Crippen molar-refractivity contribution in [1.29, 1.82) is 0 Å². The molecule has 4 rings (SSSR count). The number of nitrogens with one attached hydrogen (secondary N) is 1. The summed E-state index contributed by atoms with van der Waals surface area (Å²) < 4.78 is 92.9. The largest absolute Gasteiger partial charge is 0.492 e. The molecule has 0 unspecified atom stereocenters. The molecule has 2 fully saturated rings. The van der Waals surface area contributed by atoms with E-state index >= 15 is 0 Å². The molecule has 2 aliphatic rings. The van der Waals surface area contributed by atoms with Gasteiger partial charge in [0.15, 0.2) is 4.32 Å². The molecule has 1 amide bonds. The number of morpholine rings is 1. The van der Waals surface area contributed by atoms with Crippen LogP contribution in [0.25, 0.3) is 17.2 Å². The SMILES string of the molecule is O=C(O)CCCCCNN1C(=O)/C(=C/c2cc(-c3cc(C(F)(F)F)cc(C(F)(F)F)c3)ccc2OCCN2CCOCC2)SC1=S. The third-order valence-electron chi connectivity index (χ3n) is 7.12. The van der Waals surface area contributed by atoms with Crippen molar-refractivity contribution in [3.8, 4) is 16.9 Å². The van der Waals surface area contributed by atoms with Crippen molar-refractivity contribution in [2.75, 3.05) is 46.0 Å². The summed E-state index contributed by atoms with van der Waals surface area (Å²) in [7, 11) is 0. The first-order valence-corrected chi connectivity index (χ1v) is 15.5. The number of hydrazine groups is 1. The van der Waals surface area contributed by atoms with Crippen LogP contribution in [0.15, 0.2) is 41.3 Å². The molecule has 2 aliphatic heterocycles. The van der Waals surface area contributed by atoms with E-state index in [-0.39, 0.29) is 50.8 Å². The third-order valence-corrected chi connectivity index (χ3v) is 8.42. The molecule has 2 saturated heterocycles. The van der Waals surface area contributed by atoms with E-state index in [0.717, 1.165) is 11.8 Å². The number of halogens is 6. The van der Waals surface area contributed by atoms with E-state index in [1.807, 2.05) is 0 Å². The number of carboxylic acid groups (broad SMARTS) is 1. The lowest BCUT2D eigenvalue weighted by Crippen LogP contribution is -2.41. The maximum Gasteiger partial charge on any atom is 0.416 e. The van der Waals surface area contributed by atoms with Crippen molar-refractivity contribution >= 4 is 46.3 Å². The summed E-state index contributed by atoms with van der Waals surface area (Å²) in [5.74, 6) is -1.11. The average Bonchev–Trinajstić information content (AvgIpc) is 3.26. The summed E-state index contributed by atoms with van der Waals surface area (Å²) in [5, 5.41) is 9.93. The van der Waals surface area contributed by atoms with Gasteiger partial charge in [-0.3, -0.25) is 14.5 Å². The van der Waals surface area contributed by atoms with E-state index in [1.54, 1.807) is 0 Å². The fourth-order valence-corrected chi connectivity index (χ4v) is 5.93. The Morgan fingerprint density at radius 3 is 2.30 bits per heavy atom. The maximum atomic E-state index is 13.6. The van der Waals surface area contributed by atoms with Crippen molar-refractivity contribution in [3.05, 3.63) is 58.0 Å². The summed E-state index contributed by atoms with van der Waals surface area (Å²) in [4.78, 5) is 26.2. The predicted octanol–water partition coefficient (Wildman–Crippen LogP) is 6.45. The molecule has 0 saturated carbocycles. The van der Waals surface area contributed by atoms with Gasteiger partial charge < -0.3 is 14.6 Å². The van der Waals surface area contributed by atoms with E-state index < -0.39 is 35.4 Å². The molecule has 0 spiro atoms. The van der Waals surface area contributed by atoms with E-state index in [2.05, 4.69) is 10.3 Å². The number of thiocarbonyl (C=S) groups is 1. The van der Waals surface area contributed by atoms with Crippen molar-refractivity contribution in [3.63, 3.8) is 0 Å². The topological polar surface area (TPSA) is 91.3 Å². The van der Waals surface area contributed by atoms with Gasteiger partial charge >= 0.3 is 18.3 Å². The number of hydrogen-bond acceptors (Lipinski definition) is 8. The van der Waals surface area contributed by atoms with Crippen LogP contribution in [0.4, 0.5) is 26.3 Å². The number of carbonyl (C=O) groups excluding carboxylic acids is 1. The standard InChI is InChI=1S/C30H31F6N3O5S2/c31-29(32,33)22-15-20(16-23(18-22)30(34,35)36)19-5-6-24(44-13-10-38-8-11-43-12-9-38)21(14-19)17-25-27(42)39(28(45)46-25)37-7-3-1-2-4-26(40)41/h5-6,14-18,37H,1-4,7-13H2,(H,40,41)/b25-17-. The van der Waals surface area contributed by atoms with Gasteiger partial charge in [-0.25, -0.2) is 10.4 Å². The fraction of sp³-hybridized carbons (Fsp3) is 0.433. The number of alkyl halides is 6. The Balaban J connectivity index is 1.61. The first-order valence-electron chi connectivity index (χ1n) is 14.3. The van der Waals surface area contributed by atoms with Gasteiger partial charge in [0.2, 0.25) is 0 Å². The van der Waals surface area contributed by atoms with Crippen LogP contribution in [-0.2, 0) is 26.7 Å². The maximum absolute atomic E-state index is 13.6. The molecule has 250 valence electrons. The highest BCUT2D eigenvalue weighted by atomic mass is 32.2. The fourth-order valence-electron chi connectivity index (χ4n) is 4.72. The van der Waals surface area contributed by atoms with E-state index in [0.29, 0.717) is 70.8 Å². The Morgan fingerprint density at radius 2 is 1.67 bits per heavy atom. The summed E-state index contributed by atoms with van der Waals surface area (Å²) >= 11 is 6.32.